The number of esters is 1. The van der Waals surface area contributed by atoms with E-state index in [4.69, 9.17) is 4.74 Å². The molecule has 0 saturated heterocycles. The van der Waals surface area contributed by atoms with Crippen molar-refractivity contribution in [2.75, 3.05) is 7.11 Å². The van der Waals surface area contributed by atoms with Gasteiger partial charge in [0.05, 0.1) is 18.7 Å². The fourth-order valence-electron chi connectivity index (χ4n) is 1.81. The SMILES string of the molecule is CC.COC(=O)C(C)c1ccnc(-c2ccc(F)cc2)c1. The summed E-state index contributed by atoms with van der Waals surface area (Å²) in [5.74, 6) is -0.939. The van der Waals surface area contributed by atoms with E-state index in [2.05, 4.69) is 4.98 Å². The molecule has 0 bridgehead atoms. The molecular formula is C17H20FNO2. The van der Waals surface area contributed by atoms with Crippen LogP contribution in [0.4, 0.5) is 4.39 Å². The molecule has 0 N–H and O–H groups in total. The van der Waals surface area contributed by atoms with Crippen molar-refractivity contribution < 1.29 is 13.9 Å². The maximum absolute atomic E-state index is 12.9. The molecule has 1 atom stereocenters. The van der Waals surface area contributed by atoms with Crippen LogP contribution in [-0.4, -0.2) is 18.1 Å². The smallest absolute Gasteiger partial charge is 0.312 e. The first-order valence-electron chi connectivity index (χ1n) is 6.91. The van der Waals surface area contributed by atoms with Gasteiger partial charge >= 0.3 is 5.97 Å². The van der Waals surface area contributed by atoms with Gasteiger partial charge in [-0.3, -0.25) is 9.78 Å². The zero-order valence-corrected chi connectivity index (χ0v) is 12.8. The topological polar surface area (TPSA) is 39.2 Å². The van der Waals surface area contributed by atoms with Gasteiger partial charge in [-0.2, -0.15) is 0 Å². The number of hydrogen-bond acceptors (Lipinski definition) is 3. The molecule has 1 heterocycles. The van der Waals surface area contributed by atoms with E-state index < -0.39 is 0 Å². The van der Waals surface area contributed by atoms with Crippen LogP contribution in [0.15, 0.2) is 42.6 Å². The number of carbonyl (C=O) groups excluding carboxylic acids is 1. The lowest BCUT2D eigenvalue weighted by molar-refractivity contribution is -0.141. The summed E-state index contributed by atoms with van der Waals surface area (Å²) in [6.07, 6.45) is 1.63. The lowest BCUT2D eigenvalue weighted by atomic mass is 10.00. The quantitative estimate of drug-likeness (QED) is 0.795. The Balaban J connectivity index is 0.00000106. The van der Waals surface area contributed by atoms with Crippen molar-refractivity contribution >= 4 is 5.97 Å². The van der Waals surface area contributed by atoms with Crippen LogP contribution in [-0.2, 0) is 9.53 Å². The molecule has 112 valence electrons. The first-order chi connectivity index (χ1) is 10.1. The molecule has 21 heavy (non-hydrogen) atoms. The summed E-state index contributed by atoms with van der Waals surface area (Å²) in [5.41, 5.74) is 2.33. The third-order valence-electron chi connectivity index (χ3n) is 2.98. The van der Waals surface area contributed by atoms with Crippen LogP contribution in [0.2, 0.25) is 0 Å². The Kier molecular flexibility index (Phi) is 6.53. The molecule has 1 aromatic carbocycles. The number of carbonyl (C=O) groups is 1. The van der Waals surface area contributed by atoms with E-state index in [1.165, 1.54) is 19.2 Å². The lowest BCUT2D eigenvalue weighted by Gasteiger charge is -2.10. The second-order valence-corrected chi connectivity index (χ2v) is 4.23. The van der Waals surface area contributed by atoms with Crippen molar-refractivity contribution in [2.24, 2.45) is 0 Å². The lowest BCUT2D eigenvalue weighted by Crippen LogP contribution is -2.10. The molecule has 0 fully saturated rings. The molecule has 1 unspecified atom stereocenters. The number of benzene rings is 1. The van der Waals surface area contributed by atoms with E-state index in [-0.39, 0.29) is 17.7 Å². The van der Waals surface area contributed by atoms with Crippen molar-refractivity contribution in [3.05, 3.63) is 54.0 Å². The third-order valence-corrected chi connectivity index (χ3v) is 2.98. The zero-order chi connectivity index (χ0) is 15.8. The fourth-order valence-corrected chi connectivity index (χ4v) is 1.81. The summed E-state index contributed by atoms with van der Waals surface area (Å²) in [6, 6.07) is 9.67. The Hall–Kier alpha value is -2.23. The largest absolute Gasteiger partial charge is 0.469 e. The molecule has 4 heteroatoms. The number of rotatable bonds is 3. The molecule has 1 aromatic heterocycles. The van der Waals surface area contributed by atoms with E-state index in [1.807, 2.05) is 19.9 Å². The van der Waals surface area contributed by atoms with E-state index >= 15 is 0 Å². The van der Waals surface area contributed by atoms with Crippen LogP contribution < -0.4 is 0 Å². The van der Waals surface area contributed by atoms with Crippen molar-refractivity contribution in [3.63, 3.8) is 0 Å². The van der Waals surface area contributed by atoms with E-state index in [0.29, 0.717) is 5.69 Å². The Morgan fingerprint density at radius 2 is 1.81 bits per heavy atom. The first-order valence-corrected chi connectivity index (χ1v) is 6.91. The Morgan fingerprint density at radius 1 is 1.19 bits per heavy atom. The Morgan fingerprint density at radius 3 is 2.38 bits per heavy atom. The Labute approximate surface area is 124 Å². The minimum absolute atomic E-state index is 0.289. The number of ether oxygens (including phenoxy) is 1. The molecule has 0 radical (unpaired) electrons. The molecule has 0 amide bonds. The first kappa shape index (κ1) is 16.8. The van der Waals surface area contributed by atoms with Crippen molar-refractivity contribution in [1.29, 1.82) is 0 Å². The summed E-state index contributed by atoms with van der Waals surface area (Å²) in [4.78, 5) is 15.7. The summed E-state index contributed by atoms with van der Waals surface area (Å²) >= 11 is 0. The van der Waals surface area contributed by atoms with Gasteiger partial charge in [-0.05, 0) is 48.9 Å². The number of methoxy groups -OCH3 is 1. The average Bonchev–Trinajstić information content (AvgIpc) is 2.56. The van der Waals surface area contributed by atoms with Gasteiger partial charge in [-0.15, -0.1) is 0 Å². The van der Waals surface area contributed by atoms with E-state index in [9.17, 15) is 9.18 Å². The molecule has 2 rings (SSSR count). The van der Waals surface area contributed by atoms with Gasteiger partial charge in [0.1, 0.15) is 5.82 Å². The van der Waals surface area contributed by atoms with Gasteiger partial charge in [0.15, 0.2) is 0 Å². The highest BCUT2D eigenvalue weighted by molar-refractivity contribution is 5.78. The fraction of sp³-hybridized carbons (Fsp3) is 0.294. The maximum atomic E-state index is 12.9. The number of pyridine rings is 1. The summed E-state index contributed by atoms with van der Waals surface area (Å²) in [5, 5.41) is 0. The number of nitrogens with zero attached hydrogens (tertiary/aromatic N) is 1. The van der Waals surface area contributed by atoms with Crippen LogP contribution in [0, 0.1) is 5.82 Å². The number of halogens is 1. The van der Waals surface area contributed by atoms with Crippen molar-refractivity contribution in [1.82, 2.24) is 4.98 Å². The molecule has 3 nitrogen and oxygen atoms in total. The second-order valence-electron chi connectivity index (χ2n) is 4.23. The summed E-state index contributed by atoms with van der Waals surface area (Å²) < 4.78 is 17.6. The van der Waals surface area contributed by atoms with E-state index in [1.54, 1.807) is 31.3 Å². The van der Waals surface area contributed by atoms with Gasteiger partial charge in [0, 0.05) is 11.8 Å². The zero-order valence-electron chi connectivity index (χ0n) is 12.8. The van der Waals surface area contributed by atoms with Crippen molar-refractivity contribution in [3.8, 4) is 11.3 Å². The van der Waals surface area contributed by atoms with Crippen LogP contribution in [0.25, 0.3) is 11.3 Å². The minimum Gasteiger partial charge on any atom is -0.469 e. The average molecular weight is 289 g/mol. The molecule has 0 spiro atoms. The molecule has 2 aromatic rings. The highest BCUT2D eigenvalue weighted by atomic mass is 19.1. The van der Waals surface area contributed by atoms with Crippen LogP contribution in [0.3, 0.4) is 0 Å². The van der Waals surface area contributed by atoms with Gasteiger partial charge in [0.25, 0.3) is 0 Å². The normalized spacial score (nSPS) is 11.1. The highest BCUT2D eigenvalue weighted by Gasteiger charge is 2.16. The molecule has 0 aliphatic rings. The number of aromatic nitrogens is 1. The van der Waals surface area contributed by atoms with Crippen LogP contribution >= 0.6 is 0 Å². The van der Waals surface area contributed by atoms with Crippen LogP contribution in [0.5, 0.6) is 0 Å². The highest BCUT2D eigenvalue weighted by Crippen LogP contribution is 2.23. The second kappa shape index (κ2) is 8.15. The summed E-state index contributed by atoms with van der Waals surface area (Å²) in [6.45, 7) is 5.77. The van der Waals surface area contributed by atoms with Gasteiger partial charge in [-0.25, -0.2) is 4.39 Å². The van der Waals surface area contributed by atoms with Crippen LogP contribution in [0.1, 0.15) is 32.3 Å². The molecule has 0 saturated carbocycles. The third kappa shape index (κ3) is 4.38. The Bertz CT molecular complexity index is 582. The molecule has 0 aliphatic carbocycles. The standard InChI is InChI=1S/C15H14FNO2.C2H6/c1-10(15(18)19-2)12-7-8-17-14(9-12)11-3-5-13(16)6-4-11;1-2/h3-10H,1-2H3;1-2H3. The van der Waals surface area contributed by atoms with Gasteiger partial charge in [0.2, 0.25) is 0 Å². The van der Waals surface area contributed by atoms with Crippen molar-refractivity contribution in [2.45, 2.75) is 26.7 Å². The van der Waals surface area contributed by atoms with Gasteiger partial charge in [-0.1, -0.05) is 13.8 Å². The predicted molar refractivity (Wildman–Crippen MR) is 81.4 cm³/mol. The van der Waals surface area contributed by atoms with E-state index in [0.717, 1.165) is 11.1 Å². The molecule has 0 aliphatic heterocycles. The predicted octanol–water partition coefficient (Wildman–Crippen LogP) is 4.19. The maximum Gasteiger partial charge on any atom is 0.312 e. The minimum atomic E-state index is -0.354. The monoisotopic (exact) mass is 289 g/mol. The van der Waals surface area contributed by atoms with Gasteiger partial charge < -0.3 is 4.74 Å². The summed E-state index contributed by atoms with van der Waals surface area (Å²) in [7, 11) is 1.36. The number of hydrogen-bond donors (Lipinski definition) is 0. The molecular weight excluding hydrogens is 269 g/mol.